The molecule has 0 rings (SSSR count). The van der Waals surface area contributed by atoms with Crippen LogP contribution in [0.15, 0.2) is 0 Å². The maximum absolute atomic E-state index is 11.4. The van der Waals surface area contributed by atoms with E-state index in [9.17, 15) is 9.59 Å². The first-order valence-electron chi connectivity index (χ1n) is 5.19. The summed E-state index contributed by atoms with van der Waals surface area (Å²) in [4.78, 5) is 22.8. The summed E-state index contributed by atoms with van der Waals surface area (Å²) in [5.74, 6) is 2.54. The molecule has 0 aromatic heterocycles. The van der Waals surface area contributed by atoms with Gasteiger partial charge in [0.15, 0.2) is 0 Å². The summed E-state index contributed by atoms with van der Waals surface area (Å²) in [7, 11) is 0. The number of rotatable bonds is 8. The van der Waals surface area contributed by atoms with Crippen LogP contribution in [0, 0.1) is 18.3 Å². The van der Waals surface area contributed by atoms with Gasteiger partial charge in [-0.15, -0.1) is 23.9 Å². The van der Waals surface area contributed by atoms with Crippen LogP contribution in [-0.2, 0) is 9.59 Å². The highest BCUT2D eigenvalue weighted by Gasteiger charge is 2.18. The highest BCUT2D eigenvalue weighted by atomic mass is 35.5. The molecule has 0 saturated heterocycles. The molecule has 0 aliphatic rings. The summed E-state index contributed by atoms with van der Waals surface area (Å²) in [6.45, 7) is 1.78. The third-order valence-electron chi connectivity index (χ3n) is 2.24. The topological polar surface area (TPSA) is 34.1 Å². The SMILES string of the molecule is C#CCCCC(=O)CC(CCl)C(=O)CC. The number of ketones is 2. The quantitative estimate of drug-likeness (QED) is 0.364. The third kappa shape index (κ3) is 6.30. The molecular formula is C12H17ClO2. The molecule has 0 aliphatic heterocycles. The Hall–Kier alpha value is -0.810. The van der Waals surface area contributed by atoms with E-state index in [4.69, 9.17) is 18.0 Å². The van der Waals surface area contributed by atoms with E-state index in [1.807, 2.05) is 0 Å². The minimum Gasteiger partial charge on any atom is -0.300 e. The Balaban J connectivity index is 3.92. The van der Waals surface area contributed by atoms with Gasteiger partial charge >= 0.3 is 0 Å². The van der Waals surface area contributed by atoms with Crippen molar-refractivity contribution in [3.63, 3.8) is 0 Å². The summed E-state index contributed by atoms with van der Waals surface area (Å²) in [6.07, 6.45) is 7.54. The maximum Gasteiger partial charge on any atom is 0.137 e. The van der Waals surface area contributed by atoms with Crippen LogP contribution >= 0.6 is 11.6 Å². The average Bonchev–Trinajstić information content (AvgIpc) is 2.25. The van der Waals surface area contributed by atoms with E-state index < -0.39 is 0 Å². The molecule has 0 aromatic rings. The number of carbonyl (C=O) groups is 2. The van der Waals surface area contributed by atoms with Crippen LogP contribution in [0.1, 0.15) is 39.0 Å². The number of hydrogen-bond acceptors (Lipinski definition) is 2. The second-order valence-electron chi connectivity index (χ2n) is 3.47. The van der Waals surface area contributed by atoms with Crippen molar-refractivity contribution in [1.82, 2.24) is 0 Å². The lowest BCUT2D eigenvalue weighted by molar-refractivity contribution is -0.127. The zero-order valence-electron chi connectivity index (χ0n) is 9.09. The Morgan fingerprint density at radius 1 is 1.47 bits per heavy atom. The normalized spacial score (nSPS) is 11.8. The van der Waals surface area contributed by atoms with E-state index in [1.54, 1.807) is 6.92 Å². The van der Waals surface area contributed by atoms with Gasteiger partial charge in [0, 0.05) is 37.5 Å². The Morgan fingerprint density at radius 2 is 2.13 bits per heavy atom. The van der Waals surface area contributed by atoms with E-state index >= 15 is 0 Å². The fourth-order valence-electron chi connectivity index (χ4n) is 1.31. The Bertz CT molecular complexity index is 253. The smallest absolute Gasteiger partial charge is 0.137 e. The molecule has 84 valence electrons. The lowest BCUT2D eigenvalue weighted by Crippen LogP contribution is -2.19. The number of Topliss-reactive ketones (excluding diaryl/α,β-unsaturated/α-hetero) is 2. The monoisotopic (exact) mass is 228 g/mol. The molecule has 3 heteroatoms. The number of unbranched alkanes of at least 4 members (excludes halogenated alkanes) is 1. The number of terminal acetylenes is 1. The van der Waals surface area contributed by atoms with Crippen molar-refractivity contribution >= 4 is 23.2 Å². The maximum atomic E-state index is 11.4. The standard InChI is InChI=1S/C12H17ClO2/c1-3-5-6-7-11(14)8-10(9-13)12(15)4-2/h1,10H,4-9H2,2H3. The first kappa shape index (κ1) is 14.2. The molecule has 0 aromatic carbocycles. The zero-order chi connectivity index (χ0) is 11.7. The predicted octanol–water partition coefficient (Wildman–Crippen LogP) is 2.58. The van der Waals surface area contributed by atoms with Crippen LogP contribution in [0.25, 0.3) is 0 Å². The summed E-state index contributed by atoms with van der Waals surface area (Å²) in [6, 6.07) is 0. The molecule has 1 unspecified atom stereocenters. The molecule has 0 spiro atoms. The fourth-order valence-corrected chi connectivity index (χ4v) is 1.59. The zero-order valence-corrected chi connectivity index (χ0v) is 9.85. The minimum atomic E-state index is -0.310. The molecule has 0 radical (unpaired) electrons. The van der Waals surface area contributed by atoms with Crippen LogP contribution < -0.4 is 0 Å². The fraction of sp³-hybridized carbons (Fsp3) is 0.667. The van der Waals surface area contributed by atoms with Gasteiger partial charge in [0.1, 0.15) is 11.6 Å². The van der Waals surface area contributed by atoms with Gasteiger partial charge in [-0.25, -0.2) is 0 Å². The summed E-state index contributed by atoms with van der Waals surface area (Å²) < 4.78 is 0. The highest BCUT2D eigenvalue weighted by Crippen LogP contribution is 2.12. The number of alkyl halides is 1. The first-order chi connectivity index (χ1) is 7.15. The van der Waals surface area contributed by atoms with Crippen molar-refractivity contribution in [2.75, 3.05) is 5.88 Å². The van der Waals surface area contributed by atoms with E-state index in [0.29, 0.717) is 25.7 Å². The van der Waals surface area contributed by atoms with Crippen LogP contribution in [-0.4, -0.2) is 17.4 Å². The van der Waals surface area contributed by atoms with Gasteiger partial charge < -0.3 is 0 Å². The Kier molecular flexibility index (Phi) is 8.04. The van der Waals surface area contributed by atoms with Crippen LogP contribution in [0.4, 0.5) is 0 Å². The summed E-state index contributed by atoms with van der Waals surface area (Å²) in [5, 5.41) is 0. The van der Waals surface area contributed by atoms with Crippen molar-refractivity contribution in [3.8, 4) is 12.3 Å². The predicted molar refractivity (Wildman–Crippen MR) is 61.8 cm³/mol. The molecule has 0 bridgehead atoms. The minimum absolute atomic E-state index is 0.0651. The summed E-state index contributed by atoms with van der Waals surface area (Å²) in [5.41, 5.74) is 0. The molecule has 2 nitrogen and oxygen atoms in total. The molecule has 1 atom stereocenters. The second-order valence-corrected chi connectivity index (χ2v) is 3.78. The Labute approximate surface area is 96.4 Å². The van der Waals surface area contributed by atoms with Crippen LogP contribution in [0.5, 0.6) is 0 Å². The van der Waals surface area contributed by atoms with Crippen LogP contribution in [0.2, 0.25) is 0 Å². The van der Waals surface area contributed by atoms with E-state index in [1.165, 1.54) is 0 Å². The molecule has 0 amide bonds. The van der Waals surface area contributed by atoms with E-state index in [-0.39, 0.29) is 29.8 Å². The van der Waals surface area contributed by atoms with Gasteiger partial charge in [-0.2, -0.15) is 0 Å². The molecule has 0 heterocycles. The van der Waals surface area contributed by atoms with Gasteiger partial charge in [0.05, 0.1) is 0 Å². The van der Waals surface area contributed by atoms with E-state index in [2.05, 4.69) is 5.92 Å². The average molecular weight is 229 g/mol. The van der Waals surface area contributed by atoms with Crippen molar-refractivity contribution in [2.24, 2.45) is 5.92 Å². The molecule has 0 saturated carbocycles. The third-order valence-corrected chi connectivity index (χ3v) is 2.61. The highest BCUT2D eigenvalue weighted by molar-refractivity contribution is 6.19. The number of hydrogen-bond donors (Lipinski definition) is 0. The second kappa shape index (κ2) is 8.49. The van der Waals surface area contributed by atoms with Crippen LogP contribution in [0.3, 0.4) is 0 Å². The van der Waals surface area contributed by atoms with Gasteiger partial charge in [0.25, 0.3) is 0 Å². The van der Waals surface area contributed by atoms with Crippen molar-refractivity contribution < 1.29 is 9.59 Å². The van der Waals surface area contributed by atoms with Gasteiger partial charge in [-0.05, 0) is 6.42 Å². The van der Waals surface area contributed by atoms with Crippen molar-refractivity contribution in [1.29, 1.82) is 0 Å². The molecule has 0 fully saturated rings. The molecule has 15 heavy (non-hydrogen) atoms. The molecular weight excluding hydrogens is 212 g/mol. The van der Waals surface area contributed by atoms with Crippen molar-refractivity contribution in [2.45, 2.75) is 39.0 Å². The molecule has 0 aliphatic carbocycles. The van der Waals surface area contributed by atoms with Gasteiger partial charge in [-0.3, -0.25) is 9.59 Å². The van der Waals surface area contributed by atoms with E-state index in [0.717, 1.165) is 0 Å². The largest absolute Gasteiger partial charge is 0.300 e. The first-order valence-corrected chi connectivity index (χ1v) is 5.73. The van der Waals surface area contributed by atoms with Crippen molar-refractivity contribution in [3.05, 3.63) is 0 Å². The summed E-state index contributed by atoms with van der Waals surface area (Å²) >= 11 is 5.64. The van der Waals surface area contributed by atoms with Gasteiger partial charge in [-0.1, -0.05) is 6.92 Å². The van der Waals surface area contributed by atoms with Gasteiger partial charge in [0.2, 0.25) is 0 Å². The lowest BCUT2D eigenvalue weighted by atomic mass is 9.96. The number of carbonyl (C=O) groups excluding carboxylic acids is 2. The molecule has 0 N–H and O–H groups in total. The Morgan fingerprint density at radius 3 is 2.60 bits per heavy atom. The lowest BCUT2D eigenvalue weighted by Gasteiger charge is -2.09. The number of halogens is 1.